The van der Waals surface area contributed by atoms with Gasteiger partial charge in [-0.05, 0) is 39.2 Å². The molecule has 3 atom stereocenters. The molecule has 2 rings (SSSR count). The lowest BCUT2D eigenvalue weighted by Gasteiger charge is -2.20. The van der Waals surface area contributed by atoms with Gasteiger partial charge >= 0.3 is 0 Å². The van der Waals surface area contributed by atoms with Crippen molar-refractivity contribution in [3.05, 3.63) is 11.7 Å². The van der Waals surface area contributed by atoms with E-state index in [1.54, 1.807) is 0 Å². The van der Waals surface area contributed by atoms with E-state index in [-0.39, 0.29) is 12.0 Å². The van der Waals surface area contributed by atoms with Crippen molar-refractivity contribution in [1.29, 1.82) is 0 Å². The van der Waals surface area contributed by atoms with Crippen LogP contribution >= 0.6 is 0 Å². The van der Waals surface area contributed by atoms with Gasteiger partial charge in [0.25, 0.3) is 0 Å². The van der Waals surface area contributed by atoms with Crippen LogP contribution in [0.3, 0.4) is 0 Å². The zero-order chi connectivity index (χ0) is 13.7. The molecule has 5 nitrogen and oxygen atoms in total. The molecule has 5 heteroatoms. The lowest BCUT2D eigenvalue weighted by atomic mass is 9.98. The Morgan fingerprint density at radius 3 is 2.89 bits per heavy atom. The summed E-state index contributed by atoms with van der Waals surface area (Å²) < 4.78 is 11.0. The fourth-order valence-electron chi connectivity index (χ4n) is 2.57. The van der Waals surface area contributed by atoms with Gasteiger partial charge in [0.1, 0.15) is 6.10 Å². The summed E-state index contributed by atoms with van der Waals surface area (Å²) in [5.74, 6) is 1.73. The van der Waals surface area contributed by atoms with Gasteiger partial charge in [-0.25, -0.2) is 0 Å². The Balaban J connectivity index is 2.01. The smallest absolute Gasteiger partial charge is 0.231 e. The Hall–Kier alpha value is -0.940. The first-order valence-corrected chi connectivity index (χ1v) is 7.44. The van der Waals surface area contributed by atoms with Crippen LogP contribution in [0.15, 0.2) is 4.52 Å². The summed E-state index contributed by atoms with van der Waals surface area (Å²) in [5.41, 5.74) is 0. The lowest BCUT2D eigenvalue weighted by Crippen LogP contribution is -2.32. The second-order valence-corrected chi connectivity index (χ2v) is 5.25. The second-order valence-electron chi connectivity index (χ2n) is 5.25. The molecule has 1 aliphatic rings. The van der Waals surface area contributed by atoms with Crippen LogP contribution in [-0.4, -0.2) is 29.3 Å². The van der Waals surface area contributed by atoms with E-state index in [0.29, 0.717) is 11.9 Å². The maximum Gasteiger partial charge on any atom is 0.231 e. The summed E-state index contributed by atoms with van der Waals surface area (Å²) in [4.78, 5) is 4.55. The fourth-order valence-corrected chi connectivity index (χ4v) is 2.57. The molecule has 0 spiro atoms. The van der Waals surface area contributed by atoms with Crippen molar-refractivity contribution < 1.29 is 9.26 Å². The Morgan fingerprint density at radius 1 is 1.42 bits per heavy atom. The van der Waals surface area contributed by atoms with Crippen LogP contribution in [0.2, 0.25) is 0 Å². The molecule has 1 N–H and O–H groups in total. The molecule has 0 aromatic carbocycles. The number of nitrogens with zero attached hydrogens (tertiary/aromatic N) is 2. The zero-order valence-corrected chi connectivity index (χ0v) is 12.2. The topological polar surface area (TPSA) is 60.2 Å². The van der Waals surface area contributed by atoms with Gasteiger partial charge in [0.15, 0.2) is 0 Å². The first-order valence-electron chi connectivity index (χ1n) is 7.44. The summed E-state index contributed by atoms with van der Waals surface area (Å²) in [5, 5.41) is 7.59. The highest BCUT2D eigenvalue weighted by molar-refractivity contribution is 5.00. The van der Waals surface area contributed by atoms with Crippen LogP contribution in [0.4, 0.5) is 0 Å². The van der Waals surface area contributed by atoms with Gasteiger partial charge in [-0.1, -0.05) is 19.0 Å². The van der Waals surface area contributed by atoms with Crippen molar-refractivity contribution in [1.82, 2.24) is 15.5 Å². The molecule has 0 aliphatic carbocycles. The minimum atomic E-state index is 0.0360. The standard InChI is InChI=1S/C14H25N3O2/c1-4-8-15-10(3)11(5-2)14-16-13(17-19-14)12-7-6-9-18-12/h10-12,15H,4-9H2,1-3H3. The fraction of sp³-hybridized carbons (Fsp3) is 0.857. The van der Waals surface area contributed by atoms with E-state index in [0.717, 1.165) is 44.7 Å². The van der Waals surface area contributed by atoms with Crippen LogP contribution in [0.25, 0.3) is 0 Å². The molecule has 1 fully saturated rings. The van der Waals surface area contributed by atoms with E-state index < -0.39 is 0 Å². The molecule has 0 bridgehead atoms. The van der Waals surface area contributed by atoms with Crippen molar-refractivity contribution in [2.75, 3.05) is 13.2 Å². The van der Waals surface area contributed by atoms with Crippen LogP contribution in [-0.2, 0) is 4.74 Å². The second kappa shape index (κ2) is 7.01. The van der Waals surface area contributed by atoms with Gasteiger partial charge in [-0.15, -0.1) is 0 Å². The Labute approximate surface area is 115 Å². The SMILES string of the molecule is CCCNC(C)C(CC)c1nc(C2CCCO2)no1. The van der Waals surface area contributed by atoms with Gasteiger partial charge < -0.3 is 14.6 Å². The molecule has 0 saturated carbocycles. The molecule has 1 aliphatic heterocycles. The average molecular weight is 267 g/mol. The van der Waals surface area contributed by atoms with E-state index >= 15 is 0 Å². The zero-order valence-electron chi connectivity index (χ0n) is 12.2. The third-order valence-electron chi connectivity index (χ3n) is 3.75. The van der Waals surface area contributed by atoms with Crippen molar-refractivity contribution in [2.24, 2.45) is 0 Å². The van der Waals surface area contributed by atoms with Gasteiger partial charge in [-0.3, -0.25) is 0 Å². The average Bonchev–Trinajstić information content (AvgIpc) is 3.07. The van der Waals surface area contributed by atoms with E-state index in [4.69, 9.17) is 9.26 Å². The maximum atomic E-state index is 5.59. The predicted octanol–water partition coefficient (Wildman–Crippen LogP) is 2.80. The highest BCUT2D eigenvalue weighted by Crippen LogP contribution is 2.29. The van der Waals surface area contributed by atoms with Crippen molar-refractivity contribution in [3.63, 3.8) is 0 Å². The molecule has 19 heavy (non-hydrogen) atoms. The summed E-state index contributed by atoms with van der Waals surface area (Å²) in [7, 11) is 0. The first kappa shape index (κ1) is 14.5. The molecular weight excluding hydrogens is 242 g/mol. The largest absolute Gasteiger partial charge is 0.370 e. The van der Waals surface area contributed by atoms with Crippen LogP contribution in [0.5, 0.6) is 0 Å². The number of ether oxygens (including phenoxy) is 1. The maximum absolute atomic E-state index is 5.59. The molecule has 0 amide bonds. The number of hydrogen-bond acceptors (Lipinski definition) is 5. The predicted molar refractivity (Wildman–Crippen MR) is 73.0 cm³/mol. The van der Waals surface area contributed by atoms with Crippen LogP contribution in [0, 0.1) is 0 Å². The summed E-state index contributed by atoms with van der Waals surface area (Å²) >= 11 is 0. The summed E-state index contributed by atoms with van der Waals surface area (Å²) in [6, 6.07) is 0.350. The number of hydrogen-bond donors (Lipinski definition) is 1. The molecular formula is C14H25N3O2. The van der Waals surface area contributed by atoms with Crippen molar-refractivity contribution in [2.45, 2.75) is 64.5 Å². The normalized spacial score (nSPS) is 22.6. The number of aromatic nitrogens is 2. The minimum absolute atomic E-state index is 0.0360. The van der Waals surface area contributed by atoms with Gasteiger partial charge in [-0.2, -0.15) is 4.98 Å². The van der Waals surface area contributed by atoms with Crippen LogP contribution in [0.1, 0.15) is 70.2 Å². The van der Waals surface area contributed by atoms with E-state index in [1.807, 2.05) is 0 Å². The molecule has 0 radical (unpaired) electrons. The number of nitrogens with one attached hydrogen (secondary N) is 1. The quantitative estimate of drug-likeness (QED) is 0.823. The van der Waals surface area contributed by atoms with Crippen LogP contribution < -0.4 is 5.32 Å². The van der Waals surface area contributed by atoms with Gasteiger partial charge in [0.2, 0.25) is 11.7 Å². The highest BCUT2D eigenvalue weighted by Gasteiger charge is 2.27. The van der Waals surface area contributed by atoms with Crippen molar-refractivity contribution in [3.8, 4) is 0 Å². The first-order chi connectivity index (χ1) is 9.26. The summed E-state index contributed by atoms with van der Waals surface area (Å²) in [6.07, 6.45) is 4.24. The van der Waals surface area contributed by atoms with Crippen molar-refractivity contribution >= 4 is 0 Å². The van der Waals surface area contributed by atoms with E-state index in [9.17, 15) is 0 Å². The Bertz CT molecular complexity index is 375. The van der Waals surface area contributed by atoms with Gasteiger partial charge in [0.05, 0.1) is 5.92 Å². The molecule has 1 aromatic heterocycles. The minimum Gasteiger partial charge on any atom is -0.370 e. The third-order valence-corrected chi connectivity index (χ3v) is 3.75. The molecule has 1 aromatic rings. The van der Waals surface area contributed by atoms with E-state index in [1.165, 1.54) is 0 Å². The molecule has 1 saturated heterocycles. The highest BCUT2D eigenvalue weighted by atomic mass is 16.5. The summed E-state index contributed by atoms with van der Waals surface area (Å²) in [6.45, 7) is 8.33. The Morgan fingerprint density at radius 2 is 2.26 bits per heavy atom. The monoisotopic (exact) mass is 267 g/mol. The molecule has 108 valence electrons. The van der Waals surface area contributed by atoms with E-state index in [2.05, 4.69) is 36.2 Å². The van der Waals surface area contributed by atoms with Gasteiger partial charge in [0, 0.05) is 12.6 Å². The molecule has 2 heterocycles. The number of rotatable bonds is 7. The third kappa shape index (κ3) is 3.54. The lowest BCUT2D eigenvalue weighted by molar-refractivity contribution is 0.103. The molecule has 3 unspecified atom stereocenters. The Kier molecular flexibility index (Phi) is 5.34.